The van der Waals surface area contributed by atoms with Gasteiger partial charge in [-0.15, -0.1) is 0 Å². The smallest absolute Gasteiger partial charge is 0.305 e. The van der Waals surface area contributed by atoms with E-state index in [2.05, 4.69) is 10.9 Å². The van der Waals surface area contributed by atoms with Gasteiger partial charge in [0.05, 0.1) is 6.26 Å². The molecule has 1 heterocycles. The lowest BCUT2D eigenvalue weighted by atomic mass is 10.2. The summed E-state index contributed by atoms with van der Waals surface area (Å²) in [4.78, 5) is 11.4. The van der Waals surface area contributed by atoms with Crippen molar-refractivity contribution in [3.63, 3.8) is 0 Å². The molecule has 2 rings (SSSR count). The molecule has 0 aliphatic carbocycles. The third-order valence-electron chi connectivity index (χ3n) is 2.21. The highest BCUT2D eigenvalue weighted by Crippen LogP contribution is 2.16. The van der Waals surface area contributed by atoms with Crippen molar-refractivity contribution in [1.29, 1.82) is 0 Å². The molecule has 92 valence electrons. The predicted molar refractivity (Wildman–Crippen MR) is 66.5 cm³/mol. The van der Waals surface area contributed by atoms with Gasteiger partial charge in [-0.25, -0.2) is 0 Å². The molecule has 0 fully saturated rings. The van der Waals surface area contributed by atoms with Gasteiger partial charge in [-0.1, -0.05) is 18.2 Å². The Hall–Kier alpha value is -2.69. The van der Waals surface area contributed by atoms with Crippen molar-refractivity contribution in [2.45, 2.75) is 0 Å². The quantitative estimate of drug-likeness (QED) is 0.718. The minimum absolute atomic E-state index is 0.174. The van der Waals surface area contributed by atoms with Gasteiger partial charge in [0.15, 0.2) is 5.76 Å². The first kappa shape index (κ1) is 11.8. The normalized spacial score (nSPS) is 10.4. The number of hydrogen-bond acceptors (Lipinski definition) is 4. The van der Waals surface area contributed by atoms with Gasteiger partial charge in [0.25, 0.3) is 0 Å². The van der Waals surface area contributed by atoms with Gasteiger partial charge in [-0.2, -0.15) is 0 Å². The summed E-state index contributed by atoms with van der Waals surface area (Å²) in [5.74, 6) is 0.0216. The van der Waals surface area contributed by atoms with Crippen molar-refractivity contribution in [3.05, 3.63) is 60.2 Å². The molecule has 2 aromatic rings. The van der Waals surface area contributed by atoms with Crippen LogP contribution in [0.3, 0.4) is 0 Å². The van der Waals surface area contributed by atoms with E-state index in [9.17, 15) is 9.90 Å². The molecule has 1 amide bonds. The standard InChI is InChI=1S/C13H12N2O3/c16-11-5-2-1-4-10(11)7-8-14-15-13(17)12-6-3-9-18-12/h1-9,14,16H,(H,15,17). The average Bonchev–Trinajstić information content (AvgIpc) is 2.90. The second-order valence-electron chi connectivity index (χ2n) is 3.47. The first-order valence-electron chi connectivity index (χ1n) is 5.31. The summed E-state index contributed by atoms with van der Waals surface area (Å²) in [6, 6.07) is 10.1. The number of phenols is 1. The Morgan fingerprint density at radius 2 is 2.06 bits per heavy atom. The molecular weight excluding hydrogens is 232 g/mol. The van der Waals surface area contributed by atoms with Crippen LogP contribution in [0.5, 0.6) is 5.75 Å². The number of carbonyl (C=O) groups is 1. The van der Waals surface area contributed by atoms with Crippen LogP contribution in [0.1, 0.15) is 16.1 Å². The fourth-order valence-corrected chi connectivity index (χ4v) is 1.34. The number of phenolic OH excluding ortho intramolecular Hbond substituents is 1. The number of carbonyl (C=O) groups excluding carboxylic acids is 1. The van der Waals surface area contributed by atoms with Crippen molar-refractivity contribution < 1.29 is 14.3 Å². The lowest BCUT2D eigenvalue weighted by molar-refractivity contribution is 0.0913. The summed E-state index contributed by atoms with van der Waals surface area (Å²) in [5, 5.41) is 9.49. The highest BCUT2D eigenvalue weighted by Gasteiger charge is 2.05. The molecule has 0 spiro atoms. The van der Waals surface area contributed by atoms with Gasteiger partial charge in [-0.3, -0.25) is 10.2 Å². The molecule has 1 aromatic heterocycles. The van der Waals surface area contributed by atoms with E-state index in [-0.39, 0.29) is 17.4 Å². The summed E-state index contributed by atoms with van der Waals surface area (Å²) in [6.45, 7) is 0. The Bertz CT molecular complexity index is 547. The first-order chi connectivity index (χ1) is 8.77. The van der Waals surface area contributed by atoms with Gasteiger partial charge in [-0.05, 0) is 24.3 Å². The molecule has 5 heteroatoms. The van der Waals surface area contributed by atoms with Crippen LogP contribution in [0.15, 0.2) is 53.3 Å². The van der Waals surface area contributed by atoms with Crippen molar-refractivity contribution in [2.24, 2.45) is 0 Å². The average molecular weight is 244 g/mol. The number of rotatable bonds is 4. The van der Waals surface area contributed by atoms with Crippen molar-refractivity contribution in [1.82, 2.24) is 10.9 Å². The van der Waals surface area contributed by atoms with Crippen LogP contribution in [0.4, 0.5) is 0 Å². The molecule has 0 saturated heterocycles. The Morgan fingerprint density at radius 3 is 2.78 bits per heavy atom. The molecule has 18 heavy (non-hydrogen) atoms. The van der Waals surface area contributed by atoms with Gasteiger partial charge in [0.1, 0.15) is 5.75 Å². The van der Waals surface area contributed by atoms with Crippen molar-refractivity contribution in [3.8, 4) is 5.75 Å². The maximum atomic E-state index is 11.4. The van der Waals surface area contributed by atoms with Gasteiger partial charge >= 0.3 is 5.91 Å². The van der Waals surface area contributed by atoms with Gasteiger partial charge in [0, 0.05) is 11.8 Å². The van der Waals surface area contributed by atoms with Crippen LogP contribution in [0, 0.1) is 0 Å². The van der Waals surface area contributed by atoms with E-state index in [0.717, 1.165) is 0 Å². The van der Waals surface area contributed by atoms with E-state index in [1.54, 1.807) is 42.5 Å². The number of aromatic hydroxyl groups is 1. The summed E-state index contributed by atoms with van der Waals surface area (Å²) in [5.41, 5.74) is 5.67. The lowest BCUT2D eigenvalue weighted by Gasteiger charge is -2.02. The summed E-state index contributed by atoms with van der Waals surface area (Å²) < 4.78 is 4.91. The number of hydrogen-bond donors (Lipinski definition) is 3. The summed E-state index contributed by atoms with van der Waals surface area (Å²) >= 11 is 0. The summed E-state index contributed by atoms with van der Waals surface area (Å²) in [7, 11) is 0. The summed E-state index contributed by atoms with van der Waals surface area (Å²) in [6.07, 6.45) is 4.57. The molecule has 0 aliphatic rings. The number of hydrazine groups is 1. The van der Waals surface area contributed by atoms with E-state index >= 15 is 0 Å². The molecular formula is C13H12N2O3. The fourth-order valence-electron chi connectivity index (χ4n) is 1.34. The number of amides is 1. The first-order valence-corrected chi connectivity index (χ1v) is 5.31. The monoisotopic (exact) mass is 244 g/mol. The maximum Gasteiger partial charge on any atom is 0.305 e. The third kappa shape index (κ3) is 2.91. The number of benzene rings is 1. The molecule has 0 radical (unpaired) electrons. The van der Waals surface area contributed by atoms with Crippen LogP contribution in [0.25, 0.3) is 6.08 Å². The largest absolute Gasteiger partial charge is 0.507 e. The molecule has 5 nitrogen and oxygen atoms in total. The van der Waals surface area contributed by atoms with E-state index in [0.29, 0.717) is 5.56 Å². The van der Waals surface area contributed by atoms with Crippen LogP contribution in [-0.2, 0) is 0 Å². The predicted octanol–water partition coefficient (Wildman–Crippen LogP) is 1.89. The molecule has 0 unspecified atom stereocenters. The van der Waals surface area contributed by atoms with Crippen LogP contribution in [0.2, 0.25) is 0 Å². The number of nitrogens with one attached hydrogen (secondary N) is 2. The van der Waals surface area contributed by atoms with E-state index in [4.69, 9.17) is 4.42 Å². The Kier molecular flexibility index (Phi) is 3.66. The zero-order valence-electron chi connectivity index (χ0n) is 9.46. The van der Waals surface area contributed by atoms with Gasteiger partial charge < -0.3 is 14.9 Å². The van der Waals surface area contributed by atoms with E-state index in [1.165, 1.54) is 12.5 Å². The number of para-hydroxylation sites is 1. The molecule has 0 saturated carbocycles. The minimum Gasteiger partial charge on any atom is -0.507 e. The Morgan fingerprint density at radius 1 is 1.22 bits per heavy atom. The van der Waals surface area contributed by atoms with Crippen LogP contribution in [-0.4, -0.2) is 11.0 Å². The number of furan rings is 1. The minimum atomic E-state index is -0.373. The highest BCUT2D eigenvalue weighted by molar-refractivity contribution is 5.91. The topological polar surface area (TPSA) is 74.5 Å². The second-order valence-corrected chi connectivity index (χ2v) is 3.47. The van der Waals surface area contributed by atoms with Gasteiger partial charge in [0.2, 0.25) is 0 Å². The zero-order valence-corrected chi connectivity index (χ0v) is 9.46. The van der Waals surface area contributed by atoms with E-state index < -0.39 is 0 Å². The SMILES string of the molecule is O=C(NNC=Cc1ccccc1O)c1ccco1. The zero-order chi connectivity index (χ0) is 12.8. The Balaban J connectivity index is 1.86. The highest BCUT2D eigenvalue weighted by atomic mass is 16.3. The Labute approximate surface area is 104 Å². The molecule has 3 N–H and O–H groups in total. The van der Waals surface area contributed by atoms with Crippen LogP contribution < -0.4 is 10.9 Å². The molecule has 0 bridgehead atoms. The molecule has 0 atom stereocenters. The third-order valence-corrected chi connectivity index (χ3v) is 2.21. The van der Waals surface area contributed by atoms with E-state index in [1.807, 2.05) is 0 Å². The fraction of sp³-hybridized carbons (Fsp3) is 0. The van der Waals surface area contributed by atoms with Crippen molar-refractivity contribution >= 4 is 12.0 Å². The molecule has 0 aliphatic heterocycles. The van der Waals surface area contributed by atoms with Crippen molar-refractivity contribution in [2.75, 3.05) is 0 Å². The maximum absolute atomic E-state index is 11.4. The molecule has 1 aromatic carbocycles. The van der Waals surface area contributed by atoms with Crippen LogP contribution >= 0.6 is 0 Å². The second kappa shape index (κ2) is 5.58. The lowest BCUT2D eigenvalue weighted by Crippen LogP contribution is -2.33.